The Labute approximate surface area is 126 Å². The fraction of sp³-hybridized carbons (Fsp3) is 0.471. The molecule has 0 radical (unpaired) electrons. The van der Waals surface area contributed by atoms with Crippen molar-refractivity contribution in [3.8, 4) is 11.8 Å². The third-order valence-corrected chi connectivity index (χ3v) is 3.69. The largest absolute Gasteiger partial charge is 0.368 e. The second-order valence-corrected chi connectivity index (χ2v) is 5.46. The van der Waals surface area contributed by atoms with Crippen molar-refractivity contribution in [2.24, 2.45) is 11.7 Å². The van der Waals surface area contributed by atoms with Gasteiger partial charge in [-0.15, -0.1) is 0 Å². The average molecular weight is 286 g/mol. The molecule has 2 rings (SSSR count). The zero-order chi connectivity index (χ0) is 15.2. The summed E-state index contributed by atoms with van der Waals surface area (Å²) in [6, 6.07) is 7.88. The van der Waals surface area contributed by atoms with Gasteiger partial charge in [-0.2, -0.15) is 0 Å². The van der Waals surface area contributed by atoms with Crippen LogP contribution in [0.3, 0.4) is 0 Å². The number of benzene rings is 1. The molecule has 4 nitrogen and oxygen atoms in total. The van der Waals surface area contributed by atoms with Crippen LogP contribution in [0.25, 0.3) is 0 Å². The van der Waals surface area contributed by atoms with Gasteiger partial charge in [-0.1, -0.05) is 30.9 Å². The number of likely N-dealkylation sites (N-methyl/N-ethyl adjacent to an activating group) is 1. The van der Waals surface area contributed by atoms with E-state index >= 15 is 0 Å². The lowest BCUT2D eigenvalue weighted by molar-refractivity contribution is -0.141. The highest BCUT2D eigenvalue weighted by Crippen LogP contribution is 2.22. The lowest BCUT2D eigenvalue weighted by Crippen LogP contribution is -2.38. The SMILES string of the molecule is CC1CCOC1C(=O)N(C)Cc1cccc(C#CCN)c1. The molecule has 0 aliphatic carbocycles. The van der Waals surface area contributed by atoms with E-state index in [9.17, 15) is 4.79 Å². The molecule has 1 heterocycles. The molecule has 0 spiro atoms. The third kappa shape index (κ3) is 4.07. The summed E-state index contributed by atoms with van der Waals surface area (Å²) in [5.41, 5.74) is 7.35. The first kappa shape index (κ1) is 15.6. The number of nitrogens with two attached hydrogens (primary N) is 1. The Balaban J connectivity index is 2.02. The van der Waals surface area contributed by atoms with Crippen molar-refractivity contribution in [3.63, 3.8) is 0 Å². The minimum Gasteiger partial charge on any atom is -0.368 e. The van der Waals surface area contributed by atoms with Crippen LogP contribution < -0.4 is 5.73 Å². The first-order chi connectivity index (χ1) is 10.1. The summed E-state index contributed by atoms with van der Waals surface area (Å²) in [5.74, 6) is 6.19. The van der Waals surface area contributed by atoms with E-state index in [1.807, 2.05) is 31.3 Å². The van der Waals surface area contributed by atoms with Crippen LogP contribution in [-0.2, 0) is 16.1 Å². The van der Waals surface area contributed by atoms with Crippen molar-refractivity contribution in [3.05, 3.63) is 35.4 Å². The van der Waals surface area contributed by atoms with Crippen molar-refractivity contribution in [1.82, 2.24) is 4.90 Å². The summed E-state index contributed by atoms with van der Waals surface area (Å²) >= 11 is 0. The van der Waals surface area contributed by atoms with E-state index in [0.29, 0.717) is 25.6 Å². The number of carbonyl (C=O) groups is 1. The number of ether oxygens (including phenoxy) is 1. The van der Waals surface area contributed by atoms with E-state index in [-0.39, 0.29) is 12.0 Å². The molecule has 4 heteroatoms. The first-order valence-corrected chi connectivity index (χ1v) is 7.26. The van der Waals surface area contributed by atoms with Gasteiger partial charge in [0.1, 0.15) is 6.10 Å². The number of nitrogens with zero attached hydrogens (tertiary/aromatic N) is 1. The van der Waals surface area contributed by atoms with Crippen LogP contribution in [0.4, 0.5) is 0 Å². The molecule has 0 saturated carbocycles. The van der Waals surface area contributed by atoms with Crippen LogP contribution in [0.15, 0.2) is 24.3 Å². The van der Waals surface area contributed by atoms with Gasteiger partial charge in [0.2, 0.25) is 0 Å². The van der Waals surface area contributed by atoms with E-state index < -0.39 is 0 Å². The molecule has 112 valence electrons. The van der Waals surface area contributed by atoms with Gasteiger partial charge < -0.3 is 15.4 Å². The number of rotatable bonds is 3. The third-order valence-electron chi connectivity index (χ3n) is 3.69. The molecule has 1 saturated heterocycles. The van der Waals surface area contributed by atoms with Crippen LogP contribution in [-0.4, -0.2) is 37.1 Å². The monoisotopic (exact) mass is 286 g/mol. The fourth-order valence-electron chi connectivity index (χ4n) is 2.48. The van der Waals surface area contributed by atoms with Gasteiger partial charge >= 0.3 is 0 Å². The highest BCUT2D eigenvalue weighted by Gasteiger charge is 2.32. The molecule has 1 amide bonds. The van der Waals surface area contributed by atoms with Gasteiger partial charge in [0.25, 0.3) is 5.91 Å². The Kier molecular flexibility index (Phi) is 5.38. The van der Waals surface area contributed by atoms with Crippen molar-refractivity contribution in [2.45, 2.75) is 26.0 Å². The highest BCUT2D eigenvalue weighted by molar-refractivity contribution is 5.81. The second kappa shape index (κ2) is 7.26. The van der Waals surface area contributed by atoms with Crippen LogP contribution in [0, 0.1) is 17.8 Å². The normalized spacial score (nSPS) is 20.7. The number of amides is 1. The summed E-state index contributed by atoms with van der Waals surface area (Å²) in [4.78, 5) is 14.1. The molecule has 0 bridgehead atoms. The van der Waals surface area contributed by atoms with Gasteiger partial charge in [0, 0.05) is 25.8 Å². The highest BCUT2D eigenvalue weighted by atomic mass is 16.5. The lowest BCUT2D eigenvalue weighted by Gasteiger charge is -2.23. The number of hydrogen-bond donors (Lipinski definition) is 1. The topological polar surface area (TPSA) is 55.6 Å². The van der Waals surface area contributed by atoms with Crippen LogP contribution in [0.5, 0.6) is 0 Å². The maximum Gasteiger partial charge on any atom is 0.252 e. The van der Waals surface area contributed by atoms with Gasteiger partial charge in [0.05, 0.1) is 6.54 Å². The van der Waals surface area contributed by atoms with E-state index in [1.54, 1.807) is 4.90 Å². The summed E-state index contributed by atoms with van der Waals surface area (Å²) < 4.78 is 5.54. The fourth-order valence-corrected chi connectivity index (χ4v) is 2.48. The number of hydrogen-bond acceptors (Lipinski definition) is 3. The second-order valence-electron chi connectivity index (χ2n) is 5.46. The molecule has 2 N–H and O–H groups in total. The Morgan fingerprint density at radius 3 is 3.00 bits per heavy atom. The molecule has 0 aromatic heterocycles. The van der Waals surface area contributed by atoms with E-state index in [1.165, 1.54) is 0 Å². The van der Waals surface area contributed by atoms with Crippen molar-refractivity contribution >= 4 is 5.91 Å². The van der Waals surface area contributed by atoms with Gasteiger partial charge in [-0.25, -0.2) is 0 Å². The Bertz CT molecular complexity index is 559. The molecular formula is C17H22N2O2. The minimum atomic E-state index is -0.296. The van der Waals surface area contributed by atoms with Crippen molar-refractivity contribution < 1.29 is 9.53 Å². The smallest absolute Gasteiger partial charge is 0.252 e. The summed E-state index contributed by atoms with van der Waals surface area (Å²) in [5, 5.41) is 0. The minimum absolute atomic E-state index is 0.0541. The van der Waals surface area contributed by atoms with Gasteiger partial charge in [-0.05, 0) is 30.0 Å². The van der Waals surface area contributed by atoms with E-state index in [4.69, 9.17) is 10.5 Å². The molecule has 1 aliphatic heterocycles. The van der Waals surface area contributed by atoms with Crippen molar-refractivity contribution in [2.75, 3.05) is 20.2 Å². The van der Waals surface area contributed by atoms with Crippen molar-refractivity contribution in [1.29, 1.82) is 0 Å². The first-order valence-electron chi connectivity index (χ1n) is 7.26. The predicted octanol–water partition coefficient (Wildman–Crippen LogP) is 1.38. The maximum absolute atomic E-state index is 12.4. The summed E-state index contributed by atoms with van der Waals surface area (Å²) in [6.07, 6.45) is 0.657. The molecule has 1 fully saturated rings. The Hall–Kier alpha value is -1.83. The van der Waals surface area contributed by atoms with Crippen LogP contribution in [0.2, 0.25) is 0 Å². The van der Waals surface area contributed by atoms with E-state index in [0.717, 1.165) is 17.5 Å². The van der Waals surface area contributed by atoms with Gasteiger partial charge in [-0.3, -0.25) is 4.79 Å². The standard InChI is InChI=1S/C17H22N2O2/c1-13-8-10-21-16(13)17(20)19(2)12-15-6-3-5-14(11-15)7-4-9-18/h3,5-6,11,13,16H,8-10,12,18H2,1-2H3. The van der Waals surface area contributed by atoms with Gasteiger partial charge in [0.15, 0.2) is 0 Å². The molecule has 1 aromatic carbocycles. The van der Waals surface area contributed by atoms with Crippen LogP contribution in [0.1, 0.15) is 24.5 Å². The van der Waals surface area contributed by atoms with E-state index in [2.05, 4.69) is 18.8 Å². The number of carbonyl (C=O) groups excluding carboxylic acids is 1. The zero-order valence-electron chi connectivity index (χ0n) is 12.6. The molecule has 21 heavy (non-hydrogen) atoms. The average Bonchev–Trinajstić information content (AvgIpc) is 2.90. The maximum atomic E-state index is 12.4. The quantitative estimate of drug-likeness (QED) is 0.854. The molecule has 1 aromatic rings. The summed E-state index contributed by atoms with van der Waals surface area (Å²) in [7, 11) is 1.81. The lowest BCUT2D eigenvalue weighted by atomic mass is 10.0. The molecule has 2 unspecified atom stereocenters. The van der Waals surface area contributed by atoms with Crippen LogP contribution >= 0.6 is 0 Å². The zero-order valence-corrected chi connectivity index (χ0v) is 12.6. The molecule has 2 atom stereocenters. The Morgan fingerprint density at radius 1 is 1.52 bits per heavy atom. The predicted molar refractivity (Wildman–Crippen MR) is 82.4 cm³/mol. The summed E-state index contributed by atoms with van der Waals surface area (Å²) in [6.45, 7) is 3.64. The Morgan fingerprint density at radius 2 is 2.33 bits per heavy atom. The molecule has 1 aliphatic rings. The molecular weight excluding hydrogens is 264 g/mol.